The summed E-state index contributed by atoms with van der Waals surface area (Å²) in [5.41, 5.74) is 7.53. The number of rotatable bonds is 3. The van der Waals surface area contributed by atoms with Gasteiger partial charge < -0.3 is 10.6 Å². The van der Waals surface area contributed by atoms with E-state index in [-0.39, 0.29) is 10.7 Å². The van der Waals surface area contributed by atoms with E-state index < -0.39 is 9.84 Å². The van der Waals surface area contributed by atoms with Crippen molar-refractivity contribution in [2.24, 2.45) is 0 Å². The maximum Gasteiger partial charge on any atom is 0.182 e. The fraction of sp³-hybridized carbons (Fsp3) is 0.308. The topological polar surface area (TPSA) is 81.2 Å². The third kappa shape index (κ3) is 2.84. The lowest BCUT2D eigenvalue weighted by Crippen LogP contribution is -2.13. The molecule has 0 aliphatic heterocycles. The van der Waals surface area contributed by atoms with Crippen LogP contribution in [0.25, 0.3) is 5.69 Å². The molecule has 0 spiro atoms. The minimum absolute atomic E-state index is 0.0178. The van der Waals surface area contributed by atoms with Gasteiger partial charge in [0.25, 0.3) is 0 Å². The second kappa shape index (κ2) is 5.23. The summed E-state index contributed by atoms with van der Waals surface area (Å²) < 4.78 is 25.3. The van der Waals surface area contributed by atoms with Gasteiger partial charge in [-0.15, -0.1) is 5.10 Å². The lowest BCUT2D eigenvalue weighted by Gasteiger charge is -2.09. The molecule has 0 aliphatic rings. The summed E-state index contributed by atoms with van der Waals surface area (Å²) in [5.74, 6) is 0.368. The van der Waals surface area contributed by atoms with E-state index in [0.717, 1.165) is 11.8 Å². The molecule has 0 saturated heterocycles. The van der Waals surface area contributed by atoms with Crippen LogP contribution in [-0.2, 0) is 9.84 Å². The van der Waals surface area contributed by atoms with Crippen LogP contribution in [0.3, 0.4) is 0 Å². The molecule has 1 aromatic heterocycles. The summed E-state index contributed by atoms with van der Waals surface area (Å²) in [5, 5.41) is 4.86. The summed E-state index contributed by atoms with van der Waals surface area (Å²) in [4.78, 5) is 1.63. The van der Waals surface area contributed by atoms with Crippen molar-refractivity contribution in [1.82, 2.24) is 9.78 Å². The van der Waals surface area contributed by atoms with Crippen LogP contribution in [0.1, 0.15) is 5.56 Å². The molecule has 0 fully saturated rings. The standard InChI is InChI=1S/C13H17ClN4O2S/c1-8-5-6-9(7-10(8)14)18-12(15)11(21(4,19)20)13(16-18)17(2)3/h5-7H,15H2,1-4H3. The zero-order valence-corrected chi connectivity index (χ0v) is 13.8. The second-order valence-electron chi connectivity index (χ2n) is 5.05. The summed E-state index contributed by atoms with van der Waals surface area (Å²) in [7, 11) is -0.0752. The third-order valence-corrected chi connectivity index (χ3v) is 4.59. The van der Waals surface area contributed by atoms with E-state index in [9.17, 15) is 8.42 Å². The lowest BCUT2D eigenvalue weighted by atomic mass is 10.2. The average Bonchev–Trinajstić information content (AvgIpc) is 2.70. The van der Waals surface area contributed by atoms with E-state index in [1.54, 1.807) is 31.1 Å². The molecule has 0 aliphatic carbocycles. The molecule has 0 bridgehead atoms. The molecular weight excluding hydrogens is 312 g/mol. The number of aryl methyl sites for hydroxylation is 1. The van der Waals surface area contributed by atoms with Crippen LogP contribution in [0.5, 0.6) is 0 Å². The van der Waals surface area contributed by atoms with Gasteiger partial charge in [0.1, 0.15) is 5.82 Å². The van der Waals surface area contributed by atoms with Gasteiger partial charge in [0, 0.05) is 25.4 Å². The molecular formula is C13H17ClN4O2S. The molecule has 0 amide bonds. The van der Waals surface area contributed by atoms with E-state index in [0.29, 0.717) is 16.5 Å². The van der Waals surface area contributed by atoms with E-state index in [4.69, 9.17) is 17.3 Å². The Morgan fingerprint density at radius 1 is 1.33 bits per heavy atom. The highest BCUT2D eigenvalue weighted by Gasteiger charge is 2.26. The quantitative estimate of drug-likeness (QED) is 0.930. The van der Waals surface area contributed by atoms with Crippen LogP contribution >= 0.6 is 11.6 Å². The SMILES string of the molecule is Cc1ccc(-n2nc(N(C)C)c(S(C)(=O)=O)c2N)cc1Cl. The number of hydrogen-bond donors (Lipinski definition) is 1. The van der Waals surface area contributed by atoms with Crippen molar-refractivity contribution in [3.05, 3.63) is 28.8 Å². The highest BCUT2D eigenvalue weighted by atomic mass is 35.5. The van der Waals surface area contributed by atoms with Crippen molar-refractivity contribution < 1.29 is 8.42 Å². The van der Waals surface area contributed by atoms with Gasteiger partial charge >= 0.3 is 0 Å². The first kappa shape index (κ1) is 15.7. The molecule has 2 N–H and O–H groups in total. The van der Waals surface area contributed by atoms with Crippen LogP contribution in [0.2, 0.25) is 5.02 Å². The number of nitrogen functional groups attached to an aromatic ring is 1. The average molecular weight is 329 g/mol. The van der Waals surface area contributed by atoms with Gasteiger partial charge in [0.2, 0.25) is 0 Å². The molecule has 0 radical (unpaired) electrons. The predicted molar refractivity (Wildman–Crippen MR) is 85.2 cm³/mol. The lowest BCUT2D eigenvalue weighted by molar-refractivity contribution is 0.602. The van der Waals surface area contributed by atoms with Crippen molar-refractivity contribution in [3.63, 3.8) is 0 Å². The third-order valence-electron chi connectivity index (χ3n) is 3.05. The van der Waals surface area contributed by atoms with Crippen molar-refractivity contribution in [2.45, 2.75) is 11.8 Å². The molecule has 114 valence electrons. The predicted octanol–water partition coefficient (Wildman–Crippen LogP) is 1.89. The van der Waals surface area contributed by atoms with Gasteiger partial charge in [-0.05, 0) is 24.6 Å². The Balaban J connectivity index is 2.74. The van der Waals surface area contributed by atoms with E-state index in [2.05, 4.69) is 5.10 Å². The molecule has 21 heavy (non-hydrogen) atoms. The van der Waals surface area contributed by atoms with E-state index in [1.807, 2.05) is 13.0 Å². The van der Waals surface area contributed by atoms with Crippen LogP contribution in [0.4, 0.5) is 11.6 Å². The molecule has 2 aromatic rings. The van der Waals surface area contributed by atoms with Crippen molar-refractivity contribution >= 4 is 33.1 Å². The van der Waals surface area contributed by atoms with Gasteiger partial charge in [-0.3, -0.25) is 0 Å². The largest absolute Gasteiger partial charge is 0.382 e. The minimum Gasteiger partial charge on any atom is -0.382 e. The first-order chi connectivity index (χ1) is 9.62. The van der Waals surface area contributed by atoms with Gasteiger partial charge in [-0.1, -0.05) is 17.7 Å². The number of sulfone groups is 1. The fourth-order valence-electron chi connectivity index (χ4n) is 1.96. The molecule has 0 unspecified atom stereocenters. The van der Waals surface area contributed by atoms with Crippen molar-refractivity contribution in [1.29, 1.82) is 0 Å². The number of anilines is 2. The van der Waals surface area contributed by atoms with Gasteiger partial charge in [0.15, 0.2) is 20.6 Å². The summed E-state index contributed by atoms with van der Waals surface area (Å²) in [6.07, 6.45) is 1.11. The van der Waals surface area contributed by atoms with Crippen LogP contribution in [0.15, 0.2) is 23.1 Å². The van der Waals surface area contributed by atoms with Crippen molar-refractivity contribution in [3.8, 4) is 5.69 Å². The second-order valence-corrected chi connectivity index (χ2v) is 7.41. The fourth-order valence-corrected chi connectivity index (χ4v) is 3.16. The smallest absolute Gasteiger partial charge is 0.182 e. The van der Waals surface area contributed by atoms with Crippen LogP contribution in [-0.4, -0.2) is 38.5 Å². The number of nitrogens with two attached hydrogens (primary N) is 1. The van der Waals surface area contributed by atoms with Crippen LogP contribution in [0, 0.1) is 6.92 Å². The Morgan fingerprint density at radius 2 is 1.95 bits per heavy atom. The van der Waals surface area contributed by atoms with Gasteiger partial charge in [-0.25, -0.2) is 13.1 Å². The number of benzene rings is 1. The zero-order valence-electron chi connectivity index (χ0n) is 12.3. The Hall–Kier alpha value is -1.73. The molecule has 1 aromatic carbocycles. The molecule has 6 nitrogen and oxygen atoms in total. The molecule has 1 heterocycles. The van der Waals surface area contributed by atoms with Crippen LogP contribution < -0.4 is 10.6 Å². The Morgan fingerprint density at radius 3 is 2.38 bits per heavy atom. The van der Waals surface area contributed by atoms with Gasteiger partial charge in [0.05, 0.1) is 5.69 Å². The molecule has 2 rings (SSSR count). The summed E-state index contributed by atoms with van der Waals surface area (Å²) in [6.45, 7) is 1.88. The Kier molecular flexibility index (Phi) is 3.90. The first-order valence-electron chi connectivity index (χ1n) is 6.15. The number of halogens is 1. The maximum atomic E-state index is 12.0. The zero-order chi connectivity index (χ0) is 15.9. The maximum absolute atomic E-state index is 12.0. The molecule has 0 atom stereocenters. The van der Waals surface area contributed by atoms with E-state index >= 15 is 0 Å². The van der Waals surface area contributed by atoms with Crippen molar-refractivity contribution in [2.75, 3.05) is 31.0 Å². The van der Waals surface area contributed by atoms with Gasteiger partial charge in [-0.2, -0.15) is 0 Å². The summed E-state index contributed by atoms with van der Waals surface area (Å²) >= 11 is 6.10. The highest BCUT2D eigenvalue weighted by molar-refractivity contribution is 7.91. The highest BCUT2D eigenvalue weighted by Crippen LogP contribution is 2.31. The number of hydrogen-bond acceptors (Lipinski definition) is 5. The first-order valence-corrected chi connectivity index (χ1v) is 8.42. The summed E-state index contributed by atoms with van der Waals surface area (Å²) in [6, 6.07) is 5.32. The normalized spacial score (nSPS) is 11.7. The number of nitrogens with zero attached hydrogens (tertiary/aromatic N) is 3. The Labute approximate surface area is 129 Å². The number of aromatic nitrogens is 2. The molecule has 0 saturated carbocycles. The monoisotopic (exact) mass is 328 g/mol. The molecule has 8 heteroatoms. The Bertz CT molecular complexity index is 797. The minimum atomic E-state index is -3.50. The van der Waals surface area contributed by atoms with E-state index in [1.165, 1.54) is 4.68 Å².